The van der Waals surface area contributed by atoms with Gasteiger partial charge in [0.1, 0.15) is 11.4 Å². The average molecular weight is 437 g/mol. The maximum absolute atomic E-state index is 12.1. The van der Waals surface area contributed by atoms with Crippen LogP contribution in [-0.2, 0) is 11.2 Å². The molecule has 1 heterocycles. The van der Waals surface area contributed by atoms with Gasteiger partial charge in [-0.1, -0.05) is 48.0 Å². The van der Waals surface area contributed by atoms with Gasteiger partial charge in [-0.15, -0.1) is 0 Å². The van der Waals surface area contributed by atoms with Gasteiger partial charge in [-0.2, -0.15) is 5.26 Å². The number of piperidine rings is 1. The molecule has 0 saturated carbocycles. The molecule has 1 amide bonds. The molecule has 0 aliphatic carbocycles. The van der Waals surface area contributed by atoms with Crippen molar-refractivity contribution in [1.82, 2.24) is 4.90 Å². The highest BCUT2D eigenvalue weighted by Crippen LogP contribution is 2.19. The normalized spacial score (nSPS) is 17.6. The smallest absolute Gasteiger partial charge is 0.254 e. The highest BCUT2D eigenvalue weighted by Gasteiger charge is 2.22. The van der Waals surface area contributed by atoms with Crippen molar-refractivity contribution < 1.29 is 4.79 Å². The molecular weight excluding hydrogens is 412 g/mol. The highest BCUT2D eigenvalue weighted by atomic mass is 35.5. The number of primary amides is 1. The number of rotatable bonds is 6. The van der Waals surface area contributed by atoms with Gasteiger partial charge >= 0.3 is 0 Å². The Balaban J connectivity index is 1.81. The molecule has 1 aliphatic rings. The number of halogens is 1. The van der Waals surface area contributed by atoms with Crippen LogP contribution in [0.3, 0.4) is 0 Å². The number of aliphatic imine (C=N–C) groups is 1. The van der Waals surface area contributed by atoms with Gasteiger partial charge in [0.2, 0.25) is 0 Å². The molecular formula is C23H25ClN6O. The molecule has 1 saturated heterocycles. The van der Waals surface area contributed by atoms with Crippen molar-refractivity contribution in [3.63, 3.8) is 0 Å². The monoisotopic (exact) mass is 436 g/mol. The minimum atomic E-state index is -0.739. The van der Waals surface area contributed by atoms with Crippen LogP contribution in [0.2, 0.25) is 5.02 Å². The van der Waals surface area contributed by atoms with E-state index < -0.39 is 5.91 Å². The van der Waals surface area contributed by atoms with Crippen LogP contribution in [0.25, 0.3) is 5.70 Å². The predicted octanol–water partition coefficient (Wildman–Crippen LogP) is 2.39. The van der Waals surface area contributed by atoms with Gasteiger partial charge in [-0.05, 0) is 48.1 Å². The molecule has 31 heavy (non-hydrogen) atoms. The first kappa shape index (κ1) is 22.2. The Morgan fingerprint density at radius 1 is 1.10 bits per heavy atom. The fourth-order valence-corrected chi connectivity index (χ4v) is 3.72. The van der Waals surface area contributed by atoms with Gasteiger partial charge in [0.15, 0.2) is 6.19 Å². The van der Waals surface area contributed by atoms with Gasteiger partial charge in [0.25, 0.3) is 5.91 Å². The van der Waals surface area contributed by atoms with Gasteiger partial charge in [0.05, 0.1) is 18.3 Å². The molecule has 2 aromatic rings. The largest absolute Gasteiger partial charge is 0.397 e. The summed E-state index contributed by atoms with van der Waals surface area (Å²) in [5.41, 5.74) is 21.0. The van der Waals surface area contributed by atoms with Crippen molar-refractivity contribution >= 4 is 29.0 Å². The van der Waals surface area contributed by atoms with E-state index in [1.165, 1.54) is 0 Å². The molecule has 8 heteroatoms. The molecule has 3 rings (SSSR count). The van der Waals surface area contributed by atoms with Crippen LogP contribution in [0.1, 0.15) is 29.5 Å². The third-order valence-electron chi connectivity index (χ3n) is 5.22. The molecule has 6 N–H and O–H groups in total. The molecule has 0 radical (unpaired) electrons. The average Bonchev–Trinajstić information content (AvgIpc) is 2.75. The molecule has 0 bridgehead atoms. The summed E-state index contributed by atoms with van der Waals surface area (Å²) < 4.78 is 0. The maximum Gasteiger partial charge on any atom is 0.254 e. The van der Waals surface area contributed by atoms with Crippen LogP contribution in [0, 0.1) is 11.5 Å². The van der Waals surface area contributed by atoms with Crippen LogP contribution >= 0.6 is 11.6 Å². The Morgan fingerprint density at radius 2 is 1.71 bits per heavy atom. The number of carbonyl (C=O) groups excluding carboxylic acids is 1. The van der Waals surface area contributed by atoms with Crippen LogP contribution in [0.15, 0.2) is 59.1 Å². The molecule has 0 spiro atoms. The van der Waals surface area contributed by atoms with Gasteiger partial charge in [0, 0.05) is 11.6 Å². The second kappa shape index (κ2) is 10.0. The summed E-state index contributed by atoms with van der Waals surface area (Å²) >= 11 is 5.93. The summed E-state index contributed by atoms with van der Waals surface area (Å²) in [6.07, 6.45) is 4.47. The third kappa shape index (κ3) is 5.77. The quantitative estimate of drug-likeness (QED) is 0.276. The molecule has 1 atom stereocenters. The zero-order valence-electron chi connectivity index (χ0n) is 17.1. The Bertz CT molecular complexity index is 1040. The molecule has 160 valence electrons. The summed E-state index contributed by atoms with van der Waals surface area (Å²) in [4.78, 5) is 18.2. The summed E-state index contributed by atoms with van der Waals surface area (Å²) in [7, 11) is 0. The molecule has 1 aliphatic heterocycles. The lowest BCUT2D eigenvalue weighted by atomic mass is 10.0. The van der Waals surface area contributed by atoms with Crippen molar-refractivity contribution in [2.24, 2.45) is 22.2 Å². The number of benzene rings is 2. The van der Waals surface area contributed by atoms with Crippen LogP contribution in [0.4, 0.5) is 0 Å². The fourth-order valence-electron chi connectivity index (χ4n) is 3.59. The van der Waals surface area contributed by atoms with Gasteiger partial charge in [-0.25, -0.2) is 0 Å². The van der Waals surface area contributed by atoms with E-state index in [9.17, 15) is 4.79 Å². The molecule has 1 fully saturated rings. The second-order valence-corrected chi connectivity index (χ2v) is 7.95. The number of nitriles is 1. The van der Waals surface area contributed by atoms with Crippen molar-refractivity contribution in [1.29, 1.82) is 5.26 Å². The van der Waals surface area contributed by atoms with E-state index in [1.54, 1.807) is 4.90 Å². The SMILES string of the molecule is N#CN1CCCC(N=C(N)C(C(N)=O)=C(N)c2ccc(Cc3ccc(Cl)cc3)cc2)C1. The lowest BCUT2D eigenvalue weighted by molar-refractivity contribution is -0.114. The van der Waals surface area contributed by atoms with E-state index in [0.717, 1.165) is 30.4 Å². The van der Waals surface area contributed by atoms with Crippen LogP contribution < -0.4 is 17.2 Å². The molecule has 0 aromatic heterocycles. The zero-order valence-corrected chi connectivity index (χ0v) is 17.8. The topological polar surface area (TPSA) is 135 Å². The highest BCUT2D eigenvalue weighted by molar-refractivity contribution is 6.30. The van der Waals surface area contributed by atoms with Crippen molar-refractivity contribution in [3.8, 4) is 6.19 Å². The molecule has 1 unspecified atom stereocenters. The van der Waals surface area contributed by atoms with Crippen molar-refractivity contribution in [2.45, 2.75) is 25.3 Å². The first-order chi connectivity index (χ1) is 14.9. The van der Waals surface area contributed by atoms with Gasteiger partial charge < -0.3 is 22.1 Å². The number of amidine groups is 1. The summed E-state index contributed by atoms with van der Waals surface area (Å²) in [5.74, 6) is -0.739. The van der Waals surface area contributed by atoms with Crippen LogP contribution in [-0.4, -0.2) is 35.8 Å². The predicted molar refractivity (Wildman–Crippen MR) is 123 cm³/mol. The number of hydrogen-bond acceptors (Lipinski definition) is 5. The van der Waals surface area contributed by atoms with Crippen LogP contribution in [0.5, 0.6) is 0 Å². The summed E-state index contributed by atoms with van der Waals surface area (Å²) in [5, 5.41) is 9.79. The summed E-state index contributed by atoms with van der Waals surface area (Å²) in [6.45, 7) is 1.16. The lowest BCUT2D eigenvalue weighted by Gasteiger charge is -2.26. The van der Waals surface area contributed by atoms with E-state index in [-0.39, 0.29) is 23.1 Å². The van der Waals surface area contributed by atoms with E-state index >= 15 is 0 Å². The number of nitrogens with two attached hydrogens (primary N) is 3. The molecule has 2 aromatic carbocycles. The summed E-state index contributed by atoms with van der Waals surface area (Å²) in [6, 6.07) is 15.0. The van der Waals surface area contributed by atoms with E-state index in [1.807, 2.05) is 48.5 Å². The Morgan fingerprint density at radius 3 is 2.29 bits per heavy atom. The van der Waals surface area contributed by atoms with Gasteiger partial charge in [-0.3, -0.25) is 9.79 Å². The third-order valence-corrected chi connectivity index (χ3v) is 5.47. The number of amides is 1. The standard InChI is InChI=1S/C23H25ClN6O/c24-18-9-5-16(6-10-18)12-15-3-7-17(8-4-15)21(26)20(23(28)31)22(27)29-19-2-1-11-30(13-19)14-25/h3-10,19H,1-2,11-13,26H2,(H2,27,29)(H2,28,31). The first-order valence-electron chi connectivity index (χ1n) is 9.99. The number of nitrogens with zero attached hydrogens (tertiary/aromatic N) is 3. The van der Waals surface area contributed by atoms with Crippen molar-refractivity contribution in [3.05, 3.63) is 75.8 Å². The maximum atomic E-state index is 12.1. The zero-order chi connectivity index (χ0) is 22.4. The minimum absolute atomic E-state index is 0.0000283. The van der Waals surface area contributed by atoms with E-state index in [2.05, 4.69) is 11.2 Å². The van der Waals surface area contributed by atoms with E-state index in [4.69, 9.17) is 34.1 Å². The van der Waals surface area contributed by atoms with Crippen molar-refractivity contribution in [2.75, 3.05) is 13.1 Å². The fraction of sp³-hybridized carbons (Fsp3) is 0.261. The number of likely N-dealkylation sites (tertiary alicyclic amines) is 1. The first-order valence-corrected chi connectivity index (χ1v) is 10.4. The molecule has 7 nitrogen and oxygen atoms in total. The Labute approximate surface area is 186 Å². The lowest BCUT2D eigenvalue weighted by Crippen LogP contribution is -2.37. The minimum Gasteiger partial charge on any atom is -0.397 e. The Kier molecular flexibility index (Phi) is 7.16. The van der Waals surface area contributed by atoms with E-state index in [0.29, 0.717) is 23.7 Å². The second-order valence-electron chi connectivity index (χ2n) is 7.51. The Hall–Kier alpha value is -3.50. The number of carbonyl (C=O) groups is 1. The number of hydrogen-bond donors (Lipinski definition) is 3.